The number of hydrogen-bond donors (Lipinski definition) is 1. The molecule has 1 aromatic carbocycles. The Morgan fingerprint density at radius 2 is 1.71 bits per heavy atom. The molecule has 1 N–H and O–H groups in total. The van der Waals surface area contributed by atoms with Crippen LogP contribution in [0.3, 0.4) is 0 Å². The highest BCUT2D eigenvalue weighted by atomic mass is 15.3. The van der Waals surface area contributed by atoms with Crippen molar-refractivity contribution in [2.75, 3.05) is 36.4 Å². The van der Waals surface area contributed by atoms with Crippen molar-refractivity contribution in [1.29, 1.82) is 0 Å². The minimum Gasteiger partial charge on any atom is -0.354 e. The Bertz CT molecular complexity index is 773. The van der Waals surface area contributed by atoms with Crippen molar-refractivity contribution in [3.8, 4) is 11.3 Å². The van der Waals surface area contributed by atoms with Crippen molar-refractivity contribution in [3.63, 3.8) is 0 Å². The van der Waals surface area contributed by atoms with Gasteiger partial charge in [0.15, 0.2) is 0 Å². The Balaban J connectivity index is 1.64. The van der Waals surface area contributed by atoms with Crippen LogP contribution >= 0.6 is 0 Å². The maximum Gasteiger partial charge on any atom is 0.129 e. The Kier molecular flexibility index (Phi) is 3.77. The van der Waals surface area contributed by atoms with Gasteiger partial charge >= 0.3 is 0 Å². The third-order valence-electron chi connectivity index (χ3n) is 5.04. The largest absolute Gasteiger partial charge is 0.354 e. The van der Waals surface area contributed by atoms with Crippen LogP contribution in [0, 0.1) is 0 Å². The second-order valence-electron chi connectivity index (χ2n) is 6.83. The lowest BCUT2D eigenvalue weighted by atomic mass is 9.97. The monoisotopic (exact) mass is 320 g/mol. The zero-order chi connectivity index (χ0) is 16.7. The number of piperazine rings is 1. The van der Waals surface area contributed by atoms with Crippen LogP contribution in [0.15, 0.2) is 43.0 Å². The number of aromatic nitrogens is 1. The number of anilines is 2. The molecule has 124 valence electrons. The summed E-state index contributed by atoms with van der Waals surface area (Å²) in [7, 11) is 0. The molecular formula is C20H24N4. The molecule has 0 atom stereocenters. The van der Waals surface area contributed by atoms with E-state index in [1.807, 2.05) is 6.07 Å². The molecule has 0 unspecified atom stereocenters. The summed E-state index contributed by atoms with van der Waals surface area (Å²) in [6.07, 6.45) is 0. The Labute approximate surface area is 143 Å². The van der Waals surface area contributed by atoms with E-state index < -0.39 is 0 Å². The van der Waals surface area contributed by atoms with Gasteiger partial charge in [-0.05, 0) is 26.0 Å². The zero-order valence-corrected chi connectivity index (χ0v) is 14.4. The molecule has 0 bridgehead atoms. The molecule has 4 rings (SSSR count). The van der Waals surface area contributed by atoms with Gasteiger partial charge in [-0.25, -0.2) is 4.98 Å². The van der Waals surface area contributed by atoms with Crippen LogP contribution in [-0.4, -0.2) is 42.1 Å². The number of hydrogen-bond acceptors (Lipinski definition) is 4. The zero-order valence-electron chi connectivity index (χ0n) is 14.4. The van der Waals surface area contributed by atoms with Gasteiger partial charge in [-0.3, -0.25) is 4.90 Å². The lowest BCUT2D eigenvalue weighted by Crippen LogP contribution is -2.49. The summed E-state index contributed by atoms with van der Waals surface area (Å²) in [5.41, 5.74) is 5.32. The van der Waals surface area contributed by atoms with E-state index in [1.165, 1.54) is 5.56 Å². The first kappa shape index (κ1) is 15.2. The van der Waals surface area contributed by atoms with Crippen LogP contribution in [-0.2, 0) is 0 Å². The van der Waals surface area contributed by atoms with Crippen molar-refractivity contribution in [2.45, 2.75) is 19.9 Å². The van der Waals surface area contributed by atoms with Crippen LogP contribution in [0.25, 0.3) is 17.0 Å². The molecule has 2 aromatic rings. The summed E-state index contributed by atoms with van der Waals surface area (Å²) >= 11 is 0. The lowest BCUT2D eigenvalue weighted by molar-refractivity contribution is 0.209. The second kappa shape index (κ2) is 5.95. The predicted molar refractivity (Wildman–Crippen MR) is 101 cm³/mol. The molecule has 2 aliphatic heterocycles. The molecule has 1 aromatic heterocycles. The van der Waals surface area contributed by atoms with E-state index in [-0.39, 0.29) is 0 Å². The minimum atomic E-state index is 0.616. The highest BCUT2D eigenvalue weighted by Gasteiger charge is 2.23. The molecule has 3 heterocycles. The fourth-order valence-electron chi connectivity index (χ4n) is 3.58. The summed E-state index contributed by atoms with van der Waals surface area (Å²) in [6.45, 7) is 12.9. The number of pyridine rings is 1. The first-order chi connectivity index (χ1) is 11.6. The standard InChI is InChI=1S/C20H24N4/c1-14(2)23-10-12-24(13-11-23)19-9-8-18-20(22-19)17-7-5-4-6-16(17)15(3)21-18/h4-9,14,21H,3,10-13H2,1-2H3. The smallest absolute Gasteiger partial charge is 0.129 e. The fourth-order valence-corrected chi connectivity index (χ4v) is 3.58. The molecule has 4 nitrogen and oxygen atoms in total. The Morgan fingerprint density at radius 3 is 2.42 bits per heavy atom. The van der Waals surface area contributed by atoms with Gasteiger partial charge in [-0.1, -0.05) is 30.8 Å². The van der Waals surface area contributed by atoms with Gasteiger partial charge in [0.25, 0.3) is 0 Å². The molecule has 0 aliphatic carbocycles. The predicted octanol–water partition coefficient (Wildman–Crippen LogP) is 3.68. The Hall–Kier alpha value is -2.33. The molecule has 1 saturated heterocycles. The van der Waals surface area contributed by atoms with Gasteiger partial charge in [0.1, 0.15) is 5.82 Å². The summed E-state index contributed by atoms with van der Waals surface area (Å²) in [6, 6.07) is 13.2. The van der Waals surface area contributed by atoms with E-state index in [1.54, 1.807) is 0 Å². The average molecular weight is 320 g/mol. The van der Waals surface area contributed by atoms with E-state index in [9.17, 15) is 0 Å². The second-order valence-corrected chi connectivity index (χ2v) is 6.83. The van der Waals surface area contributed by atoms with Gasteiger partial charge in [-0.15, -0.1) is 0 Å². The molecule has 0 radical (unpaired) electrons. The topological polar surface area (TPSA) is 31.4 Å². The molecule has 4 heteroatoms. The number of benzene rings is 1. The maximum atomic E-state index is 4.99. The highest BCUT2D eigenvalue weighted by molar-refractivity contribution is 5.95. The summed E-state index contributed by atoms with van der Waals surface area (Å²) in [4.78, 5) is 9.90. The van der Waals surface area contributed by atoms with Gasteiger partial charge in [0, 0.05) is 49.0 Å². The van der Waals surface area contributed by atoms with E-state index in [2.05, 4.69) is 65.9 Å². The first-order valence-electron chi connectivity index (χ1n) is 8.69. The van der Waals surface area contributed by atoms with Crippen molar-refractivity contribution < 1.29 is 0 Å². The molecule has 24 heavy (non-hydrogen) atoms. The quantitative estimate of drug-likeness (QED) is 0.915. The molecule has 0 spiro atoms. The average Bonchev–Trinajstić information content (AvgIpc) is 2.62. The molecule has 2 aliphatic rings. The van der Waals surface area contributed by atoms with Gasteiger partial charge in [0.2, 0.25) is 0 Å². The highest BCUT2D eigenvalue weighted by Crippen LogP contribution is 2.39. The van der Waals surface area contributed by atoms with Crippen molar-refractivity contribution in [2.24, 2.45) is 0 Å². The lowest BCUT2D eigenvalue weighted by Gasteiger charge is -2.37. The summed E-state index contributed by atoms with van der Waals surface area (Å²) in [5, 5.41) is 3.38. The van der Waals surface area contributed by atoms with Crippen LogP contribution in [0.1, 0.15) is 19.4 Å². The summed E-state index contributed by atoms with van der Waals surface area (Å²) < 4.78 is 0. The summed E-state index contributed by atoms with van der Waals surface area (Å²) in [5.74, 6) is 1.07. The van der Waals surface area contributed by atoms with Crippen LogP contribution < -0.4 is 10.2 Å². The van der Waals surface area contributed by atoms with Gasteiger partial charge < -0.3 is 10.2 Å². The third kappa shape index (κ3) is 2.57. The first-order valence-corrected chi connectivity index (χ1v) is 8.69. The van der Waals surface area contributed by atoms with Crippen molar-refractivity contribution in [3.05, 3.63) is 48.5 Å². The van der Waals surface area contributed by atoms with Crippen LogP contribution in [0.4, 0.5) is 11.5 Å². The molecular weight excluding hydrogens is 296 g/mol. The van der Waals surface area contributed by atoms with E-state index >= 15 is 0 Å². The Morgan fingerprint density at radius 1 is 1.00 bits per heavy atom. The van der Waals surface area contributed by atoms with Crippen molar-refractivity contribution >= 4 is 17.2 Å². The number of nitrogens with zero attached hydrogens (tertiary/aromatic N) is 3. The van der Waals surface area contributed by atoms with E-state index in [0.29, 0.717) is 6.04 Å². The number of nitrogens with one attached hydrogen (secondary N) is 1. The van der Waals surface area contributed by atoms with Crippen molar-refractivity contribution in [1.82, 2.24) is 9.88 Å². The van der Waals surface area contributed by atoms with Crippen LogP contribution in [0.5, 0.6) is 0 Å². The molecule has 0 saturated carbocycles. The van der Waals surface area contributed by atoms with Gasteiger partial charge in [0.05, 0.1) is 11.4 Å². The molecule has 1 fully saturated rings. The number of fused-ring (bicyclic) bond motifs is 3. The van der Waals surface area contributed by atoms with E-state index in [0.717, 1.165) is 54.6 Å². The normalized spacial score (nSPS) is 17.5. The van der Waals surface area contributed by atoms with E-state index in [4.69, 9.17) is 4.98 Å². The molecule has 0 amide bonds. The SMILES string of the molecule is C=C1Nc2ccc(N3CCN(C(C)C)CC3)nc2-c2ccccc21. The maximum absolute atomic E-state index is 4.99. The third-order valence-corrected chi connectivity index (χ3v) is 5.04. The number of rotatable bonds is 2. The van der Waals surface area contributed by atoms with Crippen LogP contribution in [0.2, 0.25) is 0 Å². The van der Waals surface area contributed by atoms with Gasteiger partial charge in [-0.2, -0.15) is 0 Å². The fraction of sp³-hybridized carbons (Fsp3) is 0.350. The minimum absolute atomic E-state index is 0.616.